The second-order valence-corrected chi connectivity index (χ2v) is 1.12. The minimum Gasteiger partial charge on any atom is -0.356 e. The van der Waals surface area contributed by atoms with Gasteiger partial charge in [0.1, 0.15) is 0 Å². The van der Waals surface area contributed by atoms with Crippen molar-refractivity contribution < 1.29 is 76.7 Å². The third-order valence-electron chi connectivity index (χ3n) is 0. The normalized spacial score (nSPS) is 5.45. The minimum atomic E-state index is -1.75. The average Bonchev–Trinajstić information content (AvgIpc) is 1.94. The molecule has 0 aromatic rings. The topological polar surface area (TPSA) is 331 Å². The molecular formula is N5NaO15Ti. The summed E-state index contributed by atoms with van der Waals surface area (Å²) in [5.74, 6) is 0. The van der Waals surface area contributed by atoms with Gasteiger partial charge in [-0.05, 0) is 0 Å². The molecule has 0 aromatic carbocycles. The number of rotatable bonds is 0. The molecule has 0 N–H and O–H groups in total. The Bertz CT molecular complexity index is 213. The van der Waals surface area contributed by atoms with Crippen molar-refractivity contribution in [1.29, 1.82) is 0 Å². The molecule has 0 aliphatic rings. The summed E-state index contributed by atoms with van der Waals surface area (Å²) in [5.41, 5.74) is 0. The zero-order chi connectivity index (χ0) is 17.9. The molecule has 22 heteroatoms. The zero-order valence-corrected chi connectivity index (χ0v) is 13.4. The molecule has 22 heavy (non-hydrogen) atoms. The monoisotopic (exact) mass is 381 g/mol. The van der Waals surface area contributed by atoms with E-state index >= 15 is 0 Å². The Hall–Kier alpha value is -2.29. The summed E-state index contributed by atoms with van der Waals surface area (Å²) >= 11 is 0. The summed E-state index contributed by atoms with van der Waals surface area (Å²) in [6.07, 6.45) is 0. The Morgan fingerprint density at radius 1 is 0.364 bits per heavy atom. The van der Waals surface area contributed by atoms with Gasteiger partial charge in [-0.1, -0.05) is 0 Å². The van der Waals surface area contributed by atoms with E-state index in [1.807, 2.05) is 0 Å². The predicted molar refractivity (Wildman–Crippen MR) is 51.8 cm³/mol. The Balaban J connectivity index is -0.0000000250. The fourth-order valence-electron chi connectivity index (χ4n) is 0. The predicted octanol–water partition coefficient (Wildman–Crippen LogP) is -4.19. The third kappa shape index (κ3) is 947. The molecule has 0 saturated carbocycles. The van der Waals surface area contributed by atoms with E-state index in [0.29, 0.717) is 0 Å². The molecule has 0 radical (unpaired) electrons. The van der Waals surface area contributed by atoms with Gasteiger partial charge in [0.05, 0.1) is 25.4 Å². The summed E-state index contributed by atoms with van der Waals surface area (Å²) in [6.45, 7) is 0. The molecular weight excluding hydrogens is 381 g/mol. The molecule has 0 atom stereocenters. The van der Waals surface area contributed by atoms with Gasteiger partial charge in [0.25, 0.3) is 0 Å². The standard InChI is InChI=1S/5NO3.Na.Ti/c5*2-1(3)4;;/q5*-1;+1;+4. The van der Waals surface area contributed by atoms with Crippen LogP contribution in [0.3, 0.4) is 0 Å². The second-order valence-electron chi connectivity index (χ2n) is 1.12. The van der Waals surface area contributed by atoms with Gasteiger partial charge >= 0.3 is 51.3 Å². The molecule has 20 nitrogen and oxygen atoms in total. The van der Waals surface area contributed by atoms with E-state index in [4.69, 9.17) is 76.6 Å². The van der Waals surface area contributed by atoms with Crippen LogP contribution >= 0.6 is 0 Å². The minimum absolute atomic E-state index is 0. The largest absolute Gasteiger partial charge is 4.00 e. The van der Waals surface area contributed by atoms with Crippen LogP contribution in [0.4, 0.5) is 0 Å². The quantitative estimate of drug-likeness (QED) is 0.218. The summed E-state index contributed by atoms with van der Waals surface area (Å²) < 4.78 is 0. The Morgan fingerprint density at radius 3 is 0.364 bits per heavy atom. The van der Waals surface area contributed by atoms with Gasteiger partial charge in [0.15, 0.2) is 0 Å². The molecule has 0 fully saturated rings. The van der Waals surface area contributed by atoms with Gasteiger partial charge in [0, 0.05) is 0 Å². The first-order valence-electron chi connectivity index (χ1n) is 2.74. The van der Waals surface area contributed by atoms with Crippen molar-refractivity contribution in [1.82, 2.24) is 0 Å². The van der Waals surface area contributed by atoms with Crippen LogP contribution in [0.2, 0.25) is 0 Å². The van der Waals surface area contributed by atoms with Crippen LogP contribution in [0.1, 0.15) is 0 Å². The van der Waals surface area contributed by atoms with Crippen molar-refractivity contribution in [3.63, 3.8) is 0 Å². The molecule has 0 saturated heterocycles. The van der Waals surface area contributed by atoms with Crippen molar-refractivity contribution in [3.05, 3.63) is 76.6 Å². The summed E-state index contributed by atoms with van der Waals surface area (Å²) in [6, 6.07) is 0. The van der Waals surface area contributed by atoms with E-state index in [9.17, 15) is 0 Å². The summed E-state index contributed by atoms with van der Waals surface area (Å²) in [7, 11) is 0. The van der Waals surface area contributed by atoms with Crippen LogP contribution in [0, 0.1) is 76.6 Å². The molecule has 0 aliphatic heterocycles. The van der Waals surface area contributed by atoms with Crippen LogP contribution < -0.4 is 29.6 Å². The van der Waals surface area contributed by atoms with Gasteiger partial charge in [-0.2, -0.15) is 0 Å². The van der Waals surface area contributed by atoms with Crippen LogP contribution in [0.5, 0.6) is 0 Å². The smallest absolute Gasteiger partial charge is 0.356 e. The van der Waals surface area contributed by atoms with E-state index in [-0.39, 0.29) is 51.3 Å². The third-order valence-corrected chi connectivity index (χ3v) is 0. The Kier molecular flexibility index (Phi) is 70.5. The number of hydrogen-bond acceptors (Lipinski definition) is 15. The summed E-state index contributed by atoms with van der Waals surface area (Å²) in [5, 5.41) is 73.8. The van der Waals surface area contributed by atoms with E-state index < -0.39 is 25.4 Å². The van der Waals surface area contributed by atoms with Crippen molar-refractivity contribution in [2.45, 2.75) is 0 Å². The fourth-order valence-corrected chi connectivity index (χ4v) is 0. The van der Waals surface area contributed by atoms with Gasteiger partial charge in [-0.25, -0.2) is 0 Å². The molecule has 0 bridgehead atoms. The van der Waals surface area contributed by atoms with Crippen LogP contribution in [0.15, 0.2) is 0 Å². The van der Waals surface area contributed by atoms with E-state index in [1.165, 1.54) is 0 Å². The molecule has 120 valence electrons. The molecule has 0 amide bonds. The van der Waals surface area contributed by atoms with Crippen molar-refractivity contribution in [3.8, 4) is 0 Å². The maximum atomic E-state index is 8.25. The van der Waals surface area contributed by atoms with Crippen molar-refractivity contribution in [2.24, 2.45) is 0 Å². The van der Waals surface area contributed by atoms with Crippen LogP contribution in [0.25, 0.3) is 0 Å². The van der Waals surface area contributed by atoms with Crippen molar-refractivity contribution >= 4 is 0 Å². The first-order valence-corrected chi connectivity index (χ1v) is 2.74. The van der Waals surface area contributed by atoms with E-state index in [1.54, 1.807) is 0 Å². The molecule has 0 spiro atoms. The summed E-state index contributed by atoms with van der Waals surface area (Å²) in [4.78, 5) is 41.2. The molecule has 0 heterocycles. The van der Waals surface area contributed by atoms with Gasteiger partial charge in [-0.15, -0.1) is 0 Å². The second kappa shape index (κ2) is 36.3. The zero-order valence-electron chi connectivity index (χ0n) is 9.86. The van der Waals surface area contributed by atoms with Gasteiger partial charge < -0.3 is 76.6 Å². The van der Waals surface area contributed by atoms with Gasteiger partial charge in [0.2, 0.25) is 0 Å². The van der Waals surface area contributed by atoms with E-state index in [2.05, 4.69) is 0 Å². The Labute approximate surface area is 153 Å². The van der Waals surface area contributed by atoms with Gasteiger partial charge in [-0.3, -0.25) is 0 Å². The number of hydrogen-bond donors (Lipinski definition) is 0. The molecule has 0 unspecified atom stereocenters. The average molecular weight is 381 g/mol. The first-order chi connectivity index (χ1) is 8.66. The number of nitrogens with zero attached hydrogens (tertiary/aromatic N) is 5. The fraction of sp³-hybridized carbons (Fsp3) is 0. The Morgan fingerprint density at radius 2 is 0.364 bits per heavy atom. The van der Waals surface area contributed by atoms with Crippen molar-refractivity contribution in [2.75, 3.05) is 0 Å². The maximum Gasteiger partial charge on any atom is 4.00 e. The molecule has 0 rings (SSSR count). The van der Waals surface area contributed by atoms with Crippen LogP contribution in [-0.4, -0.2) is 25.4 Å². The molecule has 0 aliphatic carbocycles. The maximum absolute atomic E-state index is 8.25. The van der Waals surface area contributed by atoms with E-state index in [0.717, 1.165) is 0 Å². The SMILES string of the molecule is O=[N+]([O-])[O-].O=[N+]([O-])[O-].O=[N+]([O-])[O-].O=[N+]([O-])[O-].O=[N+]([O-])[O-].[Na+].[Ti+4]. The molecule has 0 aromatic heterocycles. The first kappa shape index (κ1) is 42.7. The van der Waals surface area contributed by atoms with Crippen LogP contribution in [-0.2, 0) is 21.7 Å².